The van der Waals surface area contributed by atoms with Gasteiger partial charge in [-0.2, -0.15) is 4.31 Å². The third kappa shape index (κ3) is 5.88. The van der Waals surface area contributed by atoms with Gasteiger partial charge in [-0.3, -0.25) is 9.59 Å². The molecule has 2 aromatic rings. The van der Waals surface area contributed by atoms with Crippen LogP contribution in [0.1, 0.15) is 40.9 Å². The zero-order chi connectivity index (χ0) is 20.7. The van der Waals surface area contributed by atoms with E-state index in [0.29, 0.717) is 43.9 Å². The first kappa shape index (κ1) is 21.5. The van der Waals surface area contributed by atoms with Crippen LogP contribution in [0.25, 0.3) is 0 Å². The molecule has 2 N–H and O–H groups in total. The minimum absolute atomic E-state index is 0.107. The summed E-state index contributed by atoms with van der Waals surface area (Å²) < 4.78 is 26.5. The second kappa shape index (κ2) is 10.00. The Morgan fingerprint density at radius 3 is 2.41 bits per heavy atom. The third-order valence-electron chi connectivity index (χ3n) is 4.73. The molecule has 0 unspecified atom stereocenters. The zero-order valence-corrected chi connectivity index (χ0v) is 17.7. The lowest BCUT2D eigenvalue weighted by Gasteiger charge is -2.15. The predicted molar refractivity (Wildman–Crippen MR) is 112 cm³/mol. The van der Waals surface area contributed by atoms with E-state index in [1.807, 2.05) is 11.4 Å². The predicted octanol–water partition coefficient (Wildman–Crippen LogP) is 2.36. The van der Waals surface area contributed by atoms with Gasteiger partial charge in [0.1, 0.15) is 0 Å². The summed E-state index contributed by atoms with van der Waals surface area (Å²) in [7, 11) is -3.41. The molecule has 29 heavy (non-hydrogen) atoms. The molecule has 0 aliphatic carbocycles. The Kier molecular flexibility index (Phi) is 7.40. The molecule has 0 saturated carbocycles. The summed E-state index contributed by atoms with van der Waals surface area (Å²) in [5, 5.41) is 7.45. The first-order valence-corrected chi connectivity index (χ1v) is 12.0. The summed E-state index contributed by atoms with van der Waals surface area (Å²) in [5.41, 5.74) is 0.838. The molecular weight excluding hydrogens is 410 g/mol. The molecule has 3 rings (SSSR count). The number of amides is 2. The third-order valence-corrected chi connectivity index (χ3v) is 7.51. The van der Waals surface area contributed by atoms with Gasteiger partial charge in [-0.25, -0.2) is 8.42 Å². The number of rotatable bonds is 9. The smallest absolute Gasteiger partial charge is 0.261 e. The van der Waals surface area contributed by atoms with Gasteiger partial charge in [0, 0.05) is 32.6 Å². The van der Waals surface area contributed by atoms with Crippen molar-refractivity contribution in [2.45, 2.75) is 37.1 Å². The summed E-state index contributed by atoms with van der Waals surface area (Å²) in [6.07, 6.45) is 2.67. The summed E-state index contributed by atoms with van der Waals surface area (Å²) in [6, 6.07) is 10.2. The summed E-state index contributed by atoms with van der Waals surface area (Å²) in [6.45, 7) is 1.93. The number of carbonyl (C=O) groups is 2. The summed E-state index contributed by atoms with van der Waals surface area (Å²) in [5.74, 6) is -0.228. The maximum Gasteiger partial charge on any atom is 0.261 e. The molecule has 156 valence electrons. The van der Waals surface area contributed by atoms with Crippen LogP contribution in [-0.2, 0) is 21.4 Å². The number of carbonyl (C=O) groups excluding carboxylic acids is 2. The van der Waals surface area contributed by atoms with Gasteiger partial charge in [0.2, 0.25) is 15.9 Å². The van der Waals surface area contributed by atoms with Crippen LogP contribution in [0.5, 0.6) is 0 Å². The standard InChI is InChI=1S/C20H25N3O4S2/c24-19(6-3-11-21-20(25)18-5-4-14-28-18)22-15-16-7-9-17(10-8-16)29(26,27)23-12-1-2-13-23/h4-5,7-10,14H,1-3,6,11-13,15H2,(H,21,25)(H,22,24). The number of hydrogen-bond donors (Lipinski definition) is 2. The minimum Gasteiger partial charge on any atom is -0.352 e. The van der Waals surface area contributed by atoms with Crippen LogP contribution >= 0.6 is 11.3 Å². The molecule has 0 radical (unpaired) electrons. The lowest BCUT2D eigenvalue weighted by atomic mass is 10.2. The van der Waals surface area contributed by atoms with Gasteiger partial charge < -0.3 is 10.6 Å². The van der Waals surface area contributed by atoms with Crippen molar-refractivity contribution in [3.63, 3.8) is 0 Å². The molecule has 9 heteroatoms. The van der Waals surface area contributed by atoms with Crippen molar-refractivity contribution in [3.05, 3.63) is 52.2 Å². The van der Waals surface area contributed by atoms with Crippen LogP contribution in [0.2, 0.25) is 0 Å². The summed E-state index contributed by atoms with van der Waals surface area (Å²) in [4.78, 5) is 24.7. The normalized spacial score (nSPS) is 14.6. The van der Waals surface area contributed by atoms with E-state index in [0.717, 1.165) is 18.4 Å². The molecule has 0 atom stereocenters. The van der Waals surface area contributed by atoms with Crippen LogP contribution in [0.4, 0.5) is 0 Å². The van der Waals surface area contributed by atoms with Gasteiger partial charge in [0.05, 0.1) is 9.77 Å². The Balaban J connectivity index is 1.38. The number of hydrogen-bond acceptors (Lipinski definition) is 5. The van der Waals surface area contributed by atoms with Crippen LogP contribution < -0.4 is 10.6 Å². The van der Waals surface area contributed by atoms with Crippen molar-refractivity contribution in [1.82, 2.24) is 14.9 Å². The van der Waals surface area contributed by atoms with E-state index >= 15 is 0 Å². The second-order valence-corrected chi connectivity index (χ2v) is 9.75. The first-order chi connectivity index (χ1) is 14.0. The average Bonchev–Trinajstić information content (AvgIpc) is 3.44. The fraction of sp³-hybridized carbons (Fsp3) is 0.400. The Labute approximate surface area is 175 Å². The van der Waals surface area contributed by atoms with E-state index in [9.17, 15) is 18.0 Å². The van der Waals surface area contributed by atoms with Crippen LogP contribution in [0.15, 0.2) is 46.7 Å². The lowest BCUT2D eigenvalue weighted by Crippen LogP contribution is -2.28. The fourth-order valence-corrected chi connectivity index (χ4v) is 5.25. The van der Waals surface area contributed by atoms with Crippen LogP contribution in [0.3, 0.4) is 0 Å². The lowest BCUT2D eigenvalue weighted by molar-refractivity contribution is -0.121. The fourth-order valence-electron chi connectivity index (χ4n) is 3.09. The Bertz CT molecular complexity index is 919. The maximum atomic E-state index is 12.5. The zero-order valence-electron chi connectivity index (χ0n) is 16.1. The molecule has 0 bridgehead atoms. The van der Waals surface area contributed by atoms with Gasteiger partial charge in [0.15, 0.2) is 0 Å². The Morgan fingerprint density at radius 1 is 1.03 bits per heavy atom. The van der Waals surface area contributed by atoms with E-state index in [1.165, 1.54) is 15.6 Å². The number of nitrogens with zero attached hydrogens (tertiary/aromatic N) is 1. The van der Waals surface area contributed by atoms with Crippen molar-refractivity contribution in [2.24, 2.45) is 0 Å². The van der Waals surface area contributed by atoms with Gasteiger partial charge in [0.25, 0.3) is 5.91 Å². The second-order valence-electron chi connectivity index (χ2n) is 6.87. The summed E-state index contributed by atoms with van der Waals surface area (Å²) >= 11 is 1.38. The molecule has 0 spiro atoms. The van der Waals surface area contributed by atoms with E-state index in [1.54, 1.807) is 30.3 Å². The van der Waals surface area contributed by atoms with Crippen molar-refractivity contribution < 1.29 is 18.0 Å². The van der Waals surface area contributed by atoms with E-state index in [2.05, 4.69) is 10.6 Å². The molecule has 7 nitrogen and oxygen atoms in total. The number of sulfonamides is 1. The van der Waals surface area contributed by atoms with Crippen LogP contribution in [-0.4, -0.2) is 44.2 Å². The molecule has 1 saturated heterocycles. The van der Waals surface area contributed by atoms with Gasteiger partial charge in [-0.1, -0.05) is 18.2 Å². The van der Waals surface area contributed by atoms with E-state index in [4.69, 9.17) is 0 Å². The van der Waals surface area contributed by atoms with E-state index in [-0.39, 0.29) is 16.7 Å². The Hall–Kier alpha value is -2.23. The minimum atomic E-state index is -3.41. The molecule has 2 heterocycles. The first-order valence-electron chi connectivity index (χ1n) is 9.64. The highest BCUT2D eigenvalue weighted by Gasteiger charge is 2.26. The van der Waals surface area contributed by atoms with Gasteiger partial charge in [-0.15, -0.1) is 11.3 Å². The number of thiophene rings is 1. The molecule has 1 aliphatic rings. The highest BCUT2D eigenvalue weighted by Crippen LogP contribution is 2.21. The largest absolute Gasteiger partial charge is 0.352 e. The van der Waals surface area contributed by atoms with Crippen molar-refractivity contribution in [3.8, 4) is 0 Å². The van der Waals surface area contributed by atoms with Crippen LogP contribution in [0, 0.1) is 0 Å². The molecule has 2 amide bonds. The monoisotopic (exact) mass is 435 g/mol. The SMILES string of the molecule is O=C(CCCNC(=O)c1cccs1)NCc1ccc(S(=O)(=O)N2CCCC2)cc1. The van der Waals surface area contributed by atoms with E-state index < -0.39 is 10.0 Å². The van der Waals surface area contributed by atoms with Crippen molar-refractivity contribution in [2.75, 3.05) is 19.6 Å². The van der Waals surface area contributed by atoms with Crippen molar-refractivity contribution >= 4 is 33.2 Å². The average molecular weight is 436 g/mol. The van der Waals surface area contributed by atoms with Gasteiger partial charge >= 0.3 is 0 Å². The molecule has 1 fully saturated rings. The highest BCUT2D eigenvalue weighted by molar-refractivity contribution is 7.89. The molecule has 1 aromatic heterocycles. The molecular formula is C20H25N3O4S2. The number of nitrogens with one attached hydrogen (secondary N) is 2. The molecule has 1 aromatic carbocycles. The Morgan fingerprint density at radius 2 is 1.76 bits per heavy atom. The molecule has 1 aliphatic heterocycles. The topological polar surface area (TPSA) is 95.6 Å². The van der Waals surface area contributed by atoms with Crippen molar-refractivity contribution in [1.29, 1.82) is 0 Å². The van der Waals surface area contributed by atoms with Gasteiger partial charge in [-0.05, 0) is 48.4 Å². The highest BCUT2D eigenvalue weighted by atomic mass is 32.2. The maximum absolute atomic E-state index is 12.5. The number of benzene rings is 1. The quantitative estimate of drug-likeness (QED) is 0.591.